The molecular weight excluding hydrogens is 172 g/mol. The first-order valence-corrected chi connectivity index (χ1v) is 4.70. The fourth-order valence-corrected chi connectivity index (χ4v) is 1.58. The predicted molar refractivity (Wildman–Crippen MR) is 48.5 cm³/mol. The lowest BCUT2D eigenvalue weighted by molar-refractivity contribution is 0.102. The molecule has 0 aliphatic carbocycles. The standard InChI is InChI=1S/C8H12N2OS/c1-5(2)4-7-8(6(3)11)12-10-9-7/h5H,4H2,1-3H3. The van der Waals surface area contributed by atoms with E-state index in [9.17, 15) is 4.79 Å². The summed E-state index contributed by atoms with van der Waals surface area (Å²) in [5, 5.41) is 3.93. The van der Waals surface area contributed by atoms with Crippen LogP contribution in [-0.4, -0.2) is 15.4 Å². The van der Waals surface area contributed by atoms with Crippen molar-refractivity contribution in [1.29, 1.82) is 0 Å². The molecule has 0 saturated heterocycles. The van der Waals surface area contributed by atoms with Crippen LogP contribution >= 0.6 is 11.5 Å². The van der Waals surface area contributed by atoms with E-state index in [-0.39, 0.29) is 5.78 Å². The molecule has 0 atom stereocenters. The van der Waals surface area contributed by atoms with E-state index in [0.29, 0.717) is 10.8 Å². The van der Waals surface area contributed by atoms with Crippen molar-refractivity contribution < 1.29 is 4.79 Å². The maximum absolute atomic E-state index is 11.0. The van der Waals surface area contributed by atoms with Gasteiger partial charge in [0.2, 0.25) is 0 Å². The molecule has 4 heteroatoms. The van der Waals surface area contributed by atoms with Crippen LogP contribution in [0.3, 0.4) is 0 Å². The van der Waals surface area contributed by atoms with Crippen molar-refractivity contribution in [2.24, 2.45) is 5.92 Å². The maximum Gasteiger partial charge on any atom is 0.173 e. The fraction of sp³-hybridized carbons (Fsp3) is 0.625. The summed E-state index contributed by atoms with van der Waals surface area (Å²) in [5.41, 5.74) is 0.850. The van der Waals surface area contributed by atoms with Gasteiger partial charge in [-0.1, -0.05) is 18.3 Å². The quantitative estimate of drug-likeness (QED) is 0.674. The van der Waals surface area contributed by atoms with Gasteiger partial charge in [-0.05, 0) is 23.9 Å². The van der Waals surface area contributed by atoms with Gasteiger partial charge in [0.1, 0.15) is 4.88 Å². The van der Waals surface area contributed by atoms with Gasteiger partial charge < -0.3 is 0 Å². The van der Waals surface area contributed by atoms with E-state index in [1.807, 2.05) is 0 Å². The summed E-state index contributed by atoms with van der Waals surface area (Å²) in [6, 6.07) is 0. The summed E-state index contributed by atoms with van der Waals surface area (Å²) in [6.45, 7) is 5.76. The number of aromatic nitrogens is 2. The third-order valence-electron chi connectivity index (χ3n) is 1.48. The van der Waals surface area contributed by atoms with Gasteiger partial charge in [0, 0.05) is 6.92 Å². The maximum atomic E-state index is 11.0. The van der Waals surface area contributed by atoms with E-state index in [0.717, 1.165) is 12.1 Å². The molecule has 0 aromatic carbocycles. The summed E-state index contributed by atoms with van der Waals surface area (Å²) in [6.07, 6.45) is 0.839. The van der Waals surface area contributed by atoms with E-state index in [1.165, 1.54) is 11.5 Å². The third kappa shape index (κ3) is 2.11. The van der Waals surface area contributed by atoms with Gasteiger partial charge in [0.25, 0.3) is 0 Å². The molecule has 1 heterocycles. The molecule has 0 bridgehead atoms. The van der Waals surface area contributed by atoms with Crippen molar-refractivity contribution in [2.75, 3.05) is 0 Å². The number of hydrogen-bond acceptors (Lipinski definition) is 4. The molecule has 1 aromatic heterocycles. The van der Waals surface area contributed by atoms with Crippen molar-refractivity contribution >= 4 is 17.3 Å². The number of carbonyl (C=O) groups is 1. The molecule has 12 heavy (non-hydrogen) atoms. The Hall–Kier alpha value is -0.770. The first kappa shape index (κ1) is 9.32. The number of ketones is 1. The molecule has 0 aliphatic rings. The average molecular weight is 184 g/mol. The molecule has 0 saturated carbocycles. The minimum Gasteiger partial charge on any atom is -0.293 e. The smallest absolute Gasteiger partial charge is 0.173 e. The second-order valence-corrected chi connectivity index (χ2v) is 3.96. The average Bonchev–Trinajstić information content (AvgIpc) is 2.33. The van der Waals surface area contributed by atoms with E-state index >= 15 is 0 Å². The van der Waals surface area contributed by atoms with Crippen molar-refractivity contribution in [1.82, 2.24) is 9.59 Å². The molecule has 0 unspecified atom stereocenters. The summed E-state index contributed by atoms with van der Waals surface area (Å²) in [5.74, 6) is 0.590. The largest absolute Gasteiger partial charge is 0.293 e. The number of nitrogens with zero attached hydrogens (tertiary/aromatic N) is 2. The van der Waals surface area contributed by atoms with Crippen LogP contribution in [0, 0.1) is 5.92 Å². The van der Waals surface area contributed by atoms with Gasteiger partial charge in [-0.3, -0.25) is 4.79 Å². The topological polar surface area (TPSA) is 42.9 Å². The van der Waals surface area contributed by atoms with E-state index in [4.69, 9.17) is 0 Å². The van der Waals surface area contributed by atoms with Crippen molar-refractivity contribution in [3.63, 3.8) is 0 Å². The molecule has 0 spiro atoms. The van der Waals surface area contributed by atoms with Gasteiger partial charge >= 0.3 is 0 Å². The number of carbonyl (C=O) groups excluding carboxylic acids is 1. The van der Waals surface area contributed by atoms with Crippen LogP contribution in [0.1, 0.15) is 36.1 Å². The van der Waals surface area contributed by atoms with Crippen LogP contribution in [-0.2, 0) is 6.42 Å². The van der Waals surface area contributed by atoms with Crippen LogP contribution in [0.25, 0.3) is 0 Å². The lowest BCUT2D eigenvalue weighted by atomic mass is 10.1. The van der Waals surface area contributed by atoms with Gasteiger partial charge in [-0.25, -0.2) is 0 Å². The number of hydrogen-bond donors (Lipinski definition) is 0. The highest BCUT2D eigenvalue weighted by atomic mass is 32.1. The Labute approximate surface area is 76.0 Å². The summed E-state index contributed by atoms with van der Waals surface area (Å²) >= 11 is 1.19. The molecule has 1 aromatic rings. The monoisotopic (exact) mass is 184 g/mol. The second kappa shape index (κ2) is 3.76. The SMILES string of the molecule is CC(=O)c1snnc1CC(C)C. The number of Topliss-reactive ketones (excluding diaryl/α,β-unsaturated/α-hetero) is 1. The fourth-order valence-electron chi connectivity index (χ4n) is 0.996. The third-order valence-corrected chi connectivity index (χ3v) is 2.35. The zero-order chi connectivity index (χ0) is 9.14. The van der Waals surface area contributed by atoms with Crippen LogP contribution in [0.2, 0.25) is 0 Å². The molecule has 1 rings (SSSR count). The van der Waals surface area contributed by atoms with Crippen LogP contribution < -0.4 is 0 Å². The summed E-state index contributed by atoms with van der Waals surface area (Å²) in [4.78, 5) is 11.8. The summed E-state index contributed by atoms with van der Waals surface area (Å²) in [7, 11) is 0. The van der Waals surface area contributed by atoms with Crippen molar-refractivity contribution in [3.8, 4) is 0 Å². The molecule has 0 aliphatic heterocycles. The normalized spacial score (nSPS) is 10.7. The first-order chi connectivity index (χ1) is 5.61. The van der Waals surface area contributed by atoms with E-state index in [1.54, 1.807) is 6.92 Å². The lowest BCUT2D eigenvalue weighted by Crippen LogP contribution is -2.00. The first-order valence-electron chi connectivity index (χ1n) is 3.93. The highest BCUT2D eigenvalue weighted by Gasteiger charge is 2.12. The minimum atomic E-state index is 0.0700. The Morgan fingerprint density at radius 3 is 2.75 bits per heavy atom. The highest BCUT2D eigenvalue weighted by molar-refractivity contribution is 7.08. The Morgan fingerprint density at radius 1 is 1.58 bits per heavy atom. The zero-order valence-corrected chi connectivity index (χ0v) is 8.31. The number of rotatable bonds is 3. The molecule has 66 valence electrons. The Kier molecular flexibility index (Phi) is 2.92. The van der Waals surface area contributed by atoms with Crippen molar-refractivity contribution in [2.45, 2.75) is 27.2 Å². The predicted octanol–water partition coefficient (Wildman–Crippen LogP) is 1.94. The van der Waals surface area contributed by atoms with Gasteiger partial charge in [0.15, 0.2) is 5.78 Å². The van der Waals surface area contributed by atoms with Crippen LogP contribution in [0.4, 0.5) is 0 Å². The molecule has 0 radical (unpaired) electrons. The van der Waals surface area contributed by atoms with Gasteiger partial charge in [0.05, 0.1) is 5.69 Å². The Bertz CT molecular complexity index is 280. The Balaban J connectivity index is 2.84. The molecule has 3 nitrogen and oxygen atoms in total. The van der Waals surface area contributed by atoms with Crippen LogP contribution in [0.15, 0.2) is 0 Å². The second-order valence-electron chi connectivity index (χ2n) is 3.20. The minimum absolute atomic E-state index is 0.0700. The molecule has 0 amide bonds. The highest BCUT2D eigenvalue weighted by Crippen LogP contribution is 2.14. The van der Waals surface area contributed by atoms with Crippen molar-refractivity contribution in [3.05, 3.63) is 10.6 Å². The molecular formula is C8H12N2OS. The Morgan fingerprint density at radius 2 is 2.25 bits per heavy atom. The van der Waals surface area contributed by atoms with Gasteiger partial charge in [-0.15, -0.1) is 5.10 Å². The van der Waals surface area contributed by atoms with E-state index < -0.39 is 0 Å². The molecule has 0 N–H and O–H groups in total. The lowest BCUT2D eigenvalue weighted by Gasteiger charge is -2.00. The zero-order valence-electron chi connectivity index (χ0n) is 7.50. The summed E-state index contributed by atoms with van der Waals surface area (Å²) < 4.78 is 3.77. The molecule has 0 fully saturated rings. The van der Waals surface area contributed by atoms with Gasteiger partial charge in [-0.2, -0.15) is 0 Å². The van der Waals surface area contributed by atoms with E-state index in [2.05, 4.69) is 23.4 Å². The van der Waals surface area contributed by atoms with Crippen LogP contribution in [0.5, 0.6) is 0 Å².